The molecule has 202 valence electrons. The van der Waals surface area contributed by atoms with Gasteiger partial charge in [-0.1, -0.05) is 30.3 Å². The van der Waals surface area contributed by atoms with Gasteiger partial charge in [-0.25, -0.2) is 24.6 Å². The molecule has 13 nitrogen and oxygen atoms in total. The van der Waals surface area contributed by atoms with Crippen molar-refractivity contribution >= 4 is 36.9 Å². The van der Waals surface area contributed by atoms with Crippen molar-refractivity contribution in [2.75, 3.05) is 6.61 Å². The molecule has 1 unspecified atom stereocenters. The van der Waals surface area contributed by atoms with Crippen LogP contribution < -0.4 is 5.09 Å². The van der Waals surface area contributed by atoms with Crippen molar-refractivity contribution in [1.29, 1.82) is 0 Å². The van der Waals surface area contributed by atoms with Crippen molar-refractivity contribution in [3.05, 3.63) is 59.8 Å². The van der Waals surface area contributed by atoms with Crippen LogP contribution >= 0.6 is 7.75 Å². The zero-order chi connectivity index (χ0) is 27.5. The van der Waals surface area contributed by atoms with Crippen LogP contribution in [0.25, 0.3) is 16.7 Å². The number of aromatic nitrogens is 4. The molecule has 2 aromatic heterocycles. The minimum atomic E-state index is -4.11. The number of ketones is 1. The zero-order valence-electron chi connectivity index (χ0n) is 21.4. The van der Waals surface area contributed by atoms with Crippen molar-refractivity contribution in [3.63, 3.8) is 0 Å². The molecule has 0 amide bonds. The molecule has 0 aliphatic heterocycles. The first-order valence-corrected chi connectivity index (χ1v) is 13.5. The van der Waals surface area contributed by atoms with Crippen molar-refractivity contribution < 1.29 is 32.7 Å². The van der Waals surface area contributed by atoms with E-state index < -0.39 is 31.6 Å². The third kappa shape index (κ3) is 8.47. The molecule has 0 spiro atoms. The number of hydrogen-bond donors (Lipinski definition) is 1. The molecular formula is C24H30N7O6P. The van der Waals surface area contributed by atoms with Crippen molar-refractivity contribution in [2.24, 2.45) is 0 Å². The highest BCUT2D eigenvalue weighted by molar-refractivity contribution is 7.51. The van der Waals surface area contributed by atoms with Gasteiger partial charge in [-0.3, -0.25) is 18.6 Å². The summed E-state index contributed by atoms with van der Waals surface area (Å²) >= 11 is 0. The molecule has 0 saturated heterocycles. The number of carbonyl (C=O) groups excluding carboxylic acids is 2. The first kappa shape index (κ1) is 29.0. The lowest BCUT2D eigenvalue weighted by Crippen LogP contribution is -2.38. The van der Waals surface area contributed by atoms with Gasteiger partial charge in [0.1, 0.15) is 17.9 Å². The van der Waals surface area contributed by atoms with E-state index >= 15 is 0 Å². The van der Waals surface area contributed by atoms with Gasteiger partial charge in [0.25, 0.3) is 0 Å². The molecule has 3 rings (SSSR count). The van der Waals surface area contributed by atoms with Gasteiger partial charge in [0.2, 0.25) is 5.78 Å². The first-order chi connectivity index (χ1) is 18.2. The maximum absolute atomic E-state index is 13.8. The Morgan fingerprint density at radius 1 is 1.18 bits per heavy atom. The van der Waals surface area contributed by atoms with E-state index in [9.17, 15) is 14.2 Å². The molecule has 1 aromatic carbocycles. The Hall–Kier alpha value is -3.60. The quantitative estimate of drug-likeness (QED) is 0.0987. The number of nitrogens with zero attached hydrogens (tertiary/aromatic N) is 6. The number of Topliss-reactive ketones (excluding diaryl/α,β-unsaturated/α-hetero) is 1. The first-order valence-electron chi connectivity index (χ1n) is 11.9. The molecule has 0 fully saturated rings. The summed E-state index contributed by atoms with van der Waals surface area (Å²) in [7, 11) is -4.11. The van der Waals surface area contributed by atoms with E-state index in [1.54, 1.807) is 36.9 Å². The Bertz CT molecular complexity index is 1340. The normalized spacial score (nSPS) is 13.6. The van der Waals surface area contributed by atoms with Gasteiger partial charge in [-0.15, -0.1) is 0 Å². The molecule has 2 atom stereocenters. The van der Waals surface area contributed by atoms with Crippen molar-refractivity contribution in [2.45, 2.75) is 58.9 Å². The van der Waals surface area contributed by atoms with E-state index in [2.05, 4.69) is 24.8 Å². The standard InChI is InChI=1S/C24H30N7O6P/c1-17(2)37-24(33)21(10-9-20(32)13-29-25)30-38(34,36-14-19-7-5-4-6-8-19)35-12-11-31-16-28-22-18(3)26-15-27-23(22)31/h4-8,13,15-17,21H,9-12,14H2,1-3H3,(H,30,34)/t21-,38?/m0/s1. The smallest absolute Gasteiger partial charge is 0.406 e. The SMILES string of the molecule is Cc1ncnc2c1ncn2CCOP(=O)(N[C@@H](CCC(=O)C=[N+]=[N-])C(=O)OC(C)C)OCc1ccccc1. The monoisotopic (exact) mass is 543 g/mol. The Morgan fingerprint density at radius 2 is 1.95 bits per heavy atom. The highest BCUT2D eigenvalue weighted by Crippen LogP contribution is 2.45. The summed E-state index contributed by atoms with van der Waals surface area (Å²) in [5.74, 6) is -1.25. The molecule has 0 saturated carbocycles. The van der Waals surface area contributed by atoms with Crippen LogP contribution in [-0.2, 0) is 41.1 Å². The number of rotatable bonds is 15. The molecular weight excluding hydrogens is 513 g/mol. The lowest BCUT2D eigenvalue weighted by atomic mass is 10.1. The molecule has 38 heavy (non-hydrogen) atoms. The topological polar surface area (TPSA) is 171 Å². The summed E-state index contributed by atoms with van der Waals surface area (Å²) in [6, 6.07) is 7.84. The highest BCUT2D eigenvalue weighted by atomic mass is 31.2. The largest absolute Gasteiger partial charge is 0.462 e. The summed E-state index contributed by atoms with van der Waals surface area (Å²) in [6.45, 7) is 5.26. The minimum Gasteiger partial charge on any atom is -0.462 e. The minimum absolute atomic E-state index is 0.0619. The van der Waals surface area contributed by atoms with Gasteiger partial charge in [-0.05, 0) is 32.8 Å². The molecule has 0 aliphatic rings. The van der Waals surface area contributed by atoms with Gasteiger partial charge in [0.15, 0.2) is 5.65 Å². The molecule has 0 bridgehead atoms. The van der Waals surface area contributed by atoms with Crippen molar-refractivity contribution in [1.82, 2.24) is 24.6 Å². The van der Waals surface area contributed by atoms with Gasteiger partial charge in [0.05, 0.1) is 31.3 Å². The van der Waals surface area contributed by atoms with E-state index in [1.165, 1.54) is 6.33 Å². The van der Waals surface area contributed by atoms with Crippen LogP contribution in [0.1, 0.15) is 37.9 Å². The summed E-state index contributed by atoms with van der Waals surface area (Å²) < 4.78 is 32.3. The summed E-state index contributed by atoms with van der Waals surface area (Å²) in [4.78, 5) is 40.0. The third-order valence-corrected chi connectivity index (χ3v) is 6.87. The van der Waals surface area contributed by atoms with Crippen LogP contribution in [0.15, 0.2) is 43.0 Å². The number of ether oxygens (including phenoxy) is 1. The number of aryl methyl sites for hydroxylation is 1. The second-order valence-electron chi connectivity index (χ2n) is 8.58. The fourth-order valence-corrected chi connectivity index (χ4v) is 4.90. The van der Waals surface area contributed by atoms with Crippen LogP contribution in [0.5, 0.6) is 0 Å². The maximum Gasteiger partial charge on any atom is 0.406 e. The number of imidazole rings is 1. The number of hydrogen-bond acceptors (Lipinski definition) is 9. The van der Waals surface area contributed by atoms with Crippen LogP contribution in [0.4, 0.5) is 0 Å². The summed E-state index contributed by atoms with van der Waals surface area (Å²) in [5.41, 5.74) is 11.3. The fourth-order valence-electron chi connectivity index (χ4n) is 3.42. The Balaban J connectivity index is 1.78. The molecule has 14 heteroatoms. The number of carbonyl (C=O) groups is 2. The van der Waals surface area contributed by atoms with Crippen LogP contribution in [0.2, 0.25) is 0 Å². The number of esters is 1. The highest BCUT2D eigenvalue weighted by Gasteiger charge is 2.34. The van der Waals surface area contributed by atoms with Gasteiger partial charge >= 0.3 is 19.9 Å². The third-order valence-electron chi connectivity index (χ3n) is 5.25. The van der Waals surface area contributed by atoms with E-state index in [1.807, 2.05) is 25.1 Å². The Morgan fingerprint density at radius 3 is 2.66 bits per heavy atom. The average Bonchev–Trinajstić information content (AvgIpc) is 3.30. The zero-order valence-corrected chi connectivity index (χ0v) is 22.3. The molecule has 0 radical (unpaired) electrons. The molecule has 0 aliphatic carbocycles. The molecule has 2 heterocycles. The van der Waals surface area contributed by atoms with E-state index in [-0.39, 0.29) is 32.6 Å². The predicted octanol–water partition coefficient (Wildman–Crippen LogP) is 3.04. The molecule has 1 N–H and O–H groups in total. The second kappa shape index (κ2) is 13.8. The van der Waals surface area contributed by atoms with E-state index in [0.29, 0.717) is 11.2 Å². The van der Waals surface area contributed by atoms with Gasteiger partial charge in [-0.2, -0.15) is 4.79 Å². The Kier molecular flexibility index (Phi) is 10.5. The summed E-state index contributed by atoms with van der Waals surface area (Å²) in [6.07, 6.45) is 3.02. The average molecular weight is 544 g/mol. The molecule has 3 aromatic rings. The number of nitrogens with one attached hydrogen (secondary N) is 1. The number of fused-ring (bicyclic) bond motifs is 1. The summed E-state index contributed by atoms with van der Waals surface area (Å²) in [5, 5.41) is 2.66. The van der Waals surface area contributed by atoms with Crippen molar-refractivity contribution in [3.8, 4) is 0 Å². The Labute approximate surface area is 219 Å². The van der Waals surface area contributed by atoms with E-state index in [4.69, 9.17) is 19.3 Å². The van der Waals surface area contributed by atoms with Crippen LogP contribution in [-0.4, -0.2) is 61.0 Å². The fraction of sp³-hybridized carbons (Fsp3) is 0.417. The lowest BCUT2D eigenvalue weighted by Gasteiger charge is -2.25. The van der Waals surface area contributed by atoms with Gasteiger partial charge < -0.3 is 14.8 Å². The van der Waals surface area contributed by atoms with Crippen LogP contribution in [0, 0.1) is 6.92 Å². The number of benzene rings is 1. The lowest BCUT2D eigenvalue weighted by molar-refractivity contribution is -0.149. The second-order valence-corrected chi connectivity index (χ2v) is 10.3. The van der Waals surface area contributed by atoms with Gasteiger partial charge in [0, 0.05) is 13.0 Å². The predicted molar refractivity (Wildman–Crippen MR) is 137 cm³/mol. The van der Waals surface area contributed by atoms with E-state index in [0.717, 1.165) is 17.5 Å². The maximum atomic E-state index is 13.8. The van der Waals surface area contributed by atoms with Crippen LogP contribution in [0.3, 0.4) is 0 Å².